The van der Waals surface area contributed by atoms with Crippen LogP contribution in [-0.2, 0) is 4.74 Å². The van der Waals surface area contributed by atoms with E-state index >= 15 is 0 Å². The zero-order valence-corrected chi connectivity index (χ0v) is 12.3. The van der Waals surface area contributed by atoms with E-state index in [2.05, 4.69) is 15.9 Å². The van der Waals surface area contributed by atoms with E-state index in [-0.39, 0.29) is 11.7 Å². The average Bonchev–Trinajstić information content (AvgIpc) is 2.39. The predicted molar refractivity (Wildman–Crippen MR) is 75.7 cm³/mol. The average molecular weight is 325 g/mol. The third kappa shape index (κ3) is 2.70. The maximum Gasteiger partial charge on any atom is 0.151 e. The number of hydrogen-bond donors (Lipinski definition) is 0. The summed E-state index contributed by atoms with van der Waals surface area (Å²) in [7, 11) is 0. The fourth-order valence-corrected chi connectivity index (χ4v) is 3.22. The molecule has 1 unspecified atom stereocenters. The SMILES string of the molecule is O=Cc1cc(OC2CCOC3(CCC3)C2)ccc1Br. The Kier molecular flexibility index (Phi) is 3.63. The van der Waals surface area contributed by atoms with Crippen LogP contribution in [0.25, 0.3) is 0 Å². The van der Waals surface area contributed by atoms with Crippen LogP contribution in [0.2, 0.25) is 0 Å². The summed E-state index contributed by atoms with van der Waals surface area (Å²) in [6, 6.07) is 5.55. The zero-order valence-electron chi connectivity index (χ0n) is 10.7. The normalized spacial score (nSPS) is 24.8. The summed E-state index contributed by atoms with van der Waals surface area (Å²) < 4.78 is 12.7. The maximum atomic E-state index is 10.9. The summed E-state index contributed by atoms with van der Waals surface area (Å²) in [5.41, 5.74) is 0.717. The van der Waals surface area contributed by atoms with E-state index in [0.717, 1.165) is 48.8 Å². The molecule has 1 spiro atoms. The number of benzene rings is 1. The van der Waals surface area contributed by atoms with Gasteiger partial charge in [-0.1, -0.05) is 15.9 Å². The Bertz CT molecular complexity index is 482. The molecule has 3 rings (SSSR count). The lowest BCUT2D eigenvalue weighted by Gasteiger charge is -2.46. The van der Waals surface area contributed by atoms with Crippen molar-refractivity contribution in [3.05, 3.63) is 28.2 Å². The van der Waals surface area contributed by atoms with E-state index in [1.165, 1.54) is 6.42 Å². The number of aldehydes is 1. The second-order valence-electron chi connectivity index (χ2n) is 5.42. The minimum absolute atomic E-state index is 0.0891. The molecule has 102 valence electrons. The highest BCUT2D eigenvalue weighted by Gasteiger charge is 2.43. The molecule has 0 N–H and O–H groups in total. The first kappa shape index (κ1) is 13.1. The van der Waals surface area contributed by atoms with Crippen molar-refractivity contribution < 1.29 is 14.3 Å². The molecule has 1 saturated carbocycles. The molecule has 1 aliphatic heterocycles. The fourth-order valence-electron chi connectivity index (χ4n) is 2.88. The Morgan fingerprint density at radius 3 is 2.95 bits per heavy atom. The standard InChI is InChI=1S/C15H17BrO3/c16-14-3-2-12(8-11(14)10-17)19-13-4-7-18-15(9-13)5-1-6-15/h2-3,8,10,13H,1,4-7,9H2. The molecule has 1 aromatic carbocycles. The van der Waals surface area contributed by atoms with Crippen molar-refractivity contribution in [3.63, 3.8) is 0 Å². The van der Waals surface area contributed by atoms with Gasteiger partial charge < -0.3 is 9.47 Å². The van der Waals surface area contributed by atoms with E-state index in [4.69, 9.17) is 9.47 Å². The van der Waals surface area contributed by atoms with Gasteiger partial charge in [0.05, 0.1) is 12.2 Å². The second kappa shape index (κ2) is 5.25. The van der Waals surface area contributed by atoms with Gasteiger partial charge >= 0.3 is 0 Å². The van der Waals surface area contributed by atoms with Gasteiger partial charge in [-0.2, -0.15) is 0 Å². The number of carbonyl (C=O) groups excluding carboxylic acids is 1. The Morgan fingerprint density at radius 2 is 2.26 bits per heavy atom. The maximum absolute atomic E-state index is 10.9. The van der Waals surface area contributed by atoms with E-state index in [0.29, 0.717) is 5.56 Å². The smallest absolute Gasteiger partial charge is 0.151 e. The molecular formula is C15H17BrO3. The summed E-state index contributed by atoms with van der Waals surface area (Å²) >= 11 is 3.35. The number of rotatable bonds is 3. The van der Waals surface area contributed by atoms with Crippen molar-refractivity contribution in [1.82, 2.24) is 0 Å². The first-order valence-corrected chi connectivity index (χ1v) is 7.55. The van der Waals surface area contributed by atoms with Gasteiger partial charge in [0.15, 0.2) is 6.29 Å². The Labute approximate surface area is 121 Å². The lowest BCUT2D eigenvalue weighted by molar-refractivity contribution is -0.153. The molecule has 0 aromatic heterocycles. The molecule has 0 radical (unpaired) electrons. The number of halogens is 1. The van der Waals surface area contributed by atoms with Crippen LogP contribution in [0.5, 0.6) is 5.75 Å². The molecule has 1 aliphatic carbocycles. The minimum atomic E-state index is 0.0891. The Hall–Kier alpha value is -0.870. The van der Waals surface area contributed by atoms with E-state index < -0.39 is 0 Å². The van der Waals surface area contributed by atoms with Gasteiger partial charge in [0, 0.05) is 22.9 Å². The summed E-state index contributed by atoms with van der Waals surface area (Å²) in [6.07, 6.45) is 6.52. The van der Waals surface area contributed by atoms with Crippen molar-refractivity contribution in [2.45, 2.75) is 43.8 Å². The zero-order chi connectivity index (χ0) is 13.3. The highest BCUT2D eigenvalue weighted by molar-refractivity contribution is 9.10. The summed E-state index contributed by atoms with van der Waals surface area (Å²) in [5, 5.41) is 0. The van der Waals surface area contributed by atoms with Gasteiger partial charge in [-0.3, -0.25) is 4.79 Å². The third-order valence-corrected chi connectivity index (χ3v) is 4.83. The molecule has 1 aromatic rings. The number of hydrogen-bond acceptors (Lipinski definition) is 3. The topological polar surface area (TPSA) is 35.5 Å². The second-order valence-corrected chi connectivity index (χ2v) is 6.27. The van der Waals surface area contributed by atoms with Crippen molar-refractivity contribution >= 4 is 22.2 Å². The highest BCUT2D eigenvalue weighted by Crippen LogP contribution is 2.43. The molecule has 0 bridgehead atoms. The molecule has 3 nitrogen and oxygen atoms in total. The first-order chi connectivity index (χ1) is 9.21. The first-order valence-electron chi connectivity index (χ1n) is 6.76. The minimum Gasteiger partial charge on any atom is -0.490 e. The van der Waals surface area contributed by atoms with Crippen molar-refractivity contribution in [2.75, 3.05) is 6.61 Å². The molecule has 4 heteroatoms. The van der Waals surface area contributed by atoms with Crippen LogP contribution in [0.15, 0.2) is 22.7 Å². The van der Waals surface area contributed by atoms with Gasteiger partial charge in [-0.15, -0.1) is 0 Å². The molecule has 1 atom stereocenters. The summed E-state index contributed by atoms with van der Waals surface area (Å²) in [6.45, 7) is 0.779. The van der Waals surface area contributed by atoms with E-state index in [1.54, 1.807) is 6.07 Å². The monoisotopic (exact) mass is 324 g/mol. The van der Waals surface area contributed by atoms with Crippen molar-refractivity contribution in [1.29, 1.82) is 0 Å². The molecular weight excluding hydrogens is 308 g/mol. The lowest BCUT2D eigenvalue weighted by atomic mass is 9.74. The van der Waals surface area contributed by atoms with Crippen LogP contribution in [-0.4, -0.2) is 24.6 Å². The summed E-state index contributed by atoms with van der Waals surface area (Å²) in [5.74, 6) is 0.770. The van der Waals surface area contributed by atoms with Crippen molar-refractivity contribution in [2.24, 2.45) is 0 Å². The summed E-state index contributed by atoms with van der Waals surface area (Å²) in [4.78, 5) is 10.9. The van der Waals surface area contributed by atoms with Gasteiger partial charge in [0.1, 0.15) is 11.9 Å². The van der Waals surface area contributed by atoms with Crippen LogP contribution in [0, 0.1) is 0 Å². The molecule has 2 fully saturated rings. The number of carbonyl (C=O) groups is 1. The predicted octanol–water partition coefficient (Wildman–Crippen LogP) is 3.74. The van der Waals surface area contributed by atoms with E-state index in [1.807, 2.05) is 12.1 Å². The Balaban J connectivity index is 1.69. The van der Waals surface area contributed by atoms with E-state index in [9.17, 15) is 4.79 Å². The number of ether oxygens (including phenoxy) is 2. The van der Waals surface area contributed by atoms with Crippen LogP contribution >= 0.6 is 15.9 Å². The van der Waals surface area contributed by atoms with Crippen molar-refractivity contribution in [3.8, 4) is 5.75 Å². The molecule has 19 heavy (non-hydrogen) atoms. The van der Waals surface area contributed by atoms with Crippen LogP contribution < -0.4 is 4.74 Å². The third-order valence-electron chi connectivity index (χ3n) is 4.11. The van der Waals surface area contributed by atoms with Crippen LogP contribution in [0.1, 0.15) is 42.5 Å². The van der Waals surface area contributed by atoms with Gasteiger partial charge in [0.2, 0.25) is 0 Å². The van der Waals surface area contributed by atoms with Gasteiger partial charge in [-0.25, -0.2) is 0 Å². The fraction of sp³-hybridized carbons (Fsp3) is 0.533. The molecule has 0 amide bonds. The van der Waals surface area contributed by atoms with Crippen LogP contribution in [0.3, 0.4) is 0 Å². The van der Waals surface area contributed by atoms with Gasteiger partial charge in [0.25, 0.3) is 0 Å². The quantitative estimate of drug-likeness (QED) is 0.794. The molecule has 1 saturated heterocycles. The highest BCUT2D eigenvalue weighted by atomic mass is 79.9. The van der Waals surface area contributed by atoms with Gasteiger partial charge in [-0.05, 0) is 37.5 Å². The van der Waals surface area contributed by atoms with Crippen LogP contribution in [0.4, 0.5) is 0 Å². The Morgan fingerprint density at radius 1 is 1.42 bits per heavy atom. The largest absolute Gasteiger partial charge is 0.490 e. The molecule has 1 heterocycles. The lowest BCUT2D eigenvalue weighted by Crippen LogP contribution is -2.48. The molecule has 2 aliphatic rings.